The molecule has 1 aliphatic rings. The largest absolute Gasteiger partial charge is 0.338 e. The van der Waals surface area contributed by atoms with Crippen molar-refractivity contribution < 1.29 is 9.59 Å². The maximum atomic E-state index is 12.3. The smallest absolute Gasteiger partial charge is 0.245 e. The van der Waals surface area contributed by atoms with Gasteiger partial charge in [-0.3, -0.25) is 9.59 Å². The van der Waals surface area contributed by atoms with Gasteiger partial charge in [0.2, 0.25) is 11.8 Å². The van der Waals surface area contributed by atoms with Crippen LogP contribution >= 0.6 is 0 Å². The Balaban J connectivity index is 1.87. The fraction of sp³-hybridized carbons (Fsp3) is 0.526. The zero-order chi connectivity index (χ0) is 17.4. The van der Waals surface area contributed by atoms with E-state index in [0.29, 0.717) is 13.1 Å². The van der Waals surface area contributed by atoms with Crippen LogP contribution < -0.4 is 5.43 Å². The first kappa shape index (κ1) is 18.2. The molecule has 1 fully saturated rings. The van der Waals surface area contributed by atoms with E-state index in [4.69, 9.17) is 0 Å². The lowest BCUT2D eigenvalue weighted by Crippen LogP contribution is -2.30. The molecule has 24 heavy (non-hydrogen) atoms. The van der Waals surface area contributed by atoms with Gasteiger partial charge in [-0.15, -0.1) is 0 Å². The number of hydrogen-bond donors (Lipinski definition) is 1. The zero-order valence-corrected chi connectivity index (χ0v) is 14.6. The number of benzene rings is 1. The molecule has 2 amide bonds. The van der Waals surface area contributed by atoms with Crippen LogP contribution in [0.15, 0.2) is 35.4 Å². The minimum atomic E-state index is -0.311. The number of hydrogen-bond acceptors (Lipinski definition) is 3. The van der Waals surface area contributed by atoms with Crippen molar-refractivity contribution in [2.24, 2.45) is 11.0 Å². The number of carbonyl (C=O) groups excluding carboxylic acids is 2. The Bertz CT molecular complexity index is 584. The van der Waals surface area contributed by atoms with E-state index >= 15 is 0 Å². The molecule has 1 atom stereocenters. The second-order valence-corrected chi connectivity index (χ2v) is 6.27. The van der Waals surface area contributed by atoms with Crippen LogP contribution in [0.25, 0.3) is 0 Å². The predicted molar refractivity (Wildman–Crippen MR) is 95.4 cm³/mol. The Morgan fingerprint density at radius 1 is 1.29 bits per heavy atom. The summed E-state index contributed by atoms with van der Waals surface area (Å²) in [6.45, 7) is 5.20. The van der Waals surface area contributed by atoms with E-state index in [2.05, 4.69) is 17.5 Å². The Hall–Kier alpha value is -2.17. The van der Waals surface area contributed by atoms with Gasteiger partial charge in [-0.25, -0.2) is 5.43 Å². The van der Waals surface area contributed by atoms with Gasteiger partial charge < -0.3 is 4.90 Å². The first-order valence-electron chi connectivity index (χ1n) is 8.81. The molecule has 1 aliphatic heterocycles. The van der Waals surface area contributed by atoms with Crippen molar-refractivity contribution in [3.05, 3.63) is 35.9 Å². The van der Waals surface area contributed by atoms with Gasteiger partial charge in [0.05, 0.1) is 5.92 Å². The van der Waals surface area contributed by atoms with Crippen LogP contribution in [0.4, 0.5) is 0 Å². The molecule has 5 nitrogen and oxygen atoms in total. The summed E-state index contributed by atoms with van der Waals surface area (Å²) < 4.78 is 0. The summed E-state index contributed by atoms with van der Waals surface area (Å²) in [6, 6.07) is 9.85. The highest BCUT2D eigenvalue weighted by atomic mass is 16.2. The van der Waals surface area contributed by atoms with Crippen LogP contribution in [0.1, 0.15) is 51.5 Å². The Labute approximate surface area is 144 Å². The van der Waals surface area contributed by atoms with Gasteiger partial charge in [0.15, 0.2) is 0 Å². The van der Waals surface area contributed by atoms with Crippen molar-refractivity contribution >= 4 is 17.5 Å². The van der Waals surface area contributed by atoms with E-state index in [1.165, 1.54) is 0 Å². The molecule has 0 radical (unpaired) electrons. The highest BCUT2D eigenvalue weighted by Crippen LogP contribution is 2.20. The molecule has 0 bridgehead atoms. The Morgan fingerprint density at radius 2 is 2.04 bits per heavy atom. The molecule has 2 rings (SSSR count). The zero-order valence-electron chi connectivity index (χ0n) is 14.6. The van der Waals surface area contributed by atoms with Crippen molar-refractivity contribution in [3.63, 3.8) is 0 Å². The van der Waals surface area contributed by atoms with Crippen LogP contribution in [-0.2, 0) is 16.1 Å². The van der Waals surface area contributed by atoms with Gasteiger partial charge >= 0.3 is 0 Å². The number of rotatable bonds is 8. The standard InChI is InChI=1S/C19H27N3O2/c1-3-5-11-17(4-2)20-21-19(24)16-12-18(23)22(14-16)13-15-9-7-6-8-10-15/h6-10,16H,3-5,11-14H2,1-2H3,(H,21,24)/b20-17+. The lowest BCUT2D eigenvalue weighted by Gasteiger charge is -2.16. The molecule has 1 unspecified atom stereocenters. The molecule has 130 valence electrons. The van der Waals surface area contributed by atoms with E-state index in [9.17, 15) is 9.59 Å². The van der Waals surface area contributed by atoms with Gasteiger partial charge in [0.25, 0.3) is 0 Å². The number of amides is 2. The van der Waals surface area contributed by atoms with Crippen LogP contribution in [-0.4, -0.2) is 29.0 Å². The van der Waals surface area contributed by atoms with E-state index in [1.807, 2.05) is 37.3 Å². The number of carbonyl (C=O) groups is 2. The molecule has 5 heteroatoms. The Morgan fingerprint density at radius 3 is 2.71 bits per heavy atom. The minimum absolute atomic E-state index is 0.0321. The number of nitrogens with zero attached hydrogens (tertiary/aromatic N) is 2. The summed E-state index contributed by atoms with van der Waals surface area (Å²) in [5.74, 6) is -0.430. The third-order valence-corrected chi connectivity index (χ3v) is 4.35. The highest BCUT2D eigenvalue weighted by molar-refractivity contribution is 5.90. The second kappa shape index (κ2) is 9.21. The predicted octanol–water partition coefficient (Wildman–Crippen LogP) is 3.11. The van der Waals surface area contributed by atoms with E-state index in [-0.39, 0.29) is 24.2 Å². The quantitative estimate of drug-likeness (QED) is 0.588. The lowest BCUT2D eigenvalue weighted by atomic mass is 10.1. The van der Waals surface area contributed by atoms with Crippen LogP contribution in [0.3, 0.4) is 0 Å². The average molecular weight is 329 g/mol. The van der Waals surface area contributed by atoms with Crippen LogP contribution in [0.2, 0.25) is 0 Å². The van der Waals surface area contributed by atoms with E-state index in [0.717, 1.165) is 37.0 Å². The Kier molecular flexibility index (Phi) is 6.97. The maximum absolute atomic E-state index is 12.3. The van der Waals surface area contributed by atoms with Gasteiger partial charge in [-0.2, -0.15) is 5.10 Å². The number of likely N-dealkylation sites (tertiary alicyclic amines) is 1. The fourth-order valence-corrected chi connectivity index (χ4v) is 2.82. The normalized spacial score (nSPS) is 18.1. The SMILES string of the molecule is CCCC/C(CC)=N/NC(=O)C1CC(=O)N(Cc2ccccc2)C1. The molecule has 0 saturated carbocycles. The summed E-state index contributed by atoms with van der Waals surface area (Å²) in [5.41, 5.74) is 4.75. The van der Waals surface area contributed by atoms with Gasteiger partial charge in [-0.1, -0.05) is 50.6 Å². The van der Waals surface area contributed by atoms with Crippen molar-refractivity contribution in [2.75, 3.05) is 6.54 Å². The molecule has 1 saturated heterocycles. The second-order valence-electron chi connectivity index (χ2n) is 6.27. The maximum Gasteiger partial charge on any atom is 0.245 e. The topological polar surface area (TPSA) is 61.8 Å². The van der Waals surface area contributed by atoms with Crippen molar-refractivity contribution in [3.8, 4) is 0 Å². The van der Waals surface area contributed by atoms with Gasteiger partial charge in [0.1, 0.15) is 0 Å². The summed E-state index contributed by atoms with van der Waals surface area (Å²) in [4.78, 5) is 26.2. The first-order chi connectivity index (χ1) is 11.6. The summed E-state index contributed by atoms with van der Waals surface area (Å²) >= 11 is 0. The molecule has 0 aromatic heterocycles. The van der Waals surface area contributed by atoms with Crippen molar-refractivity contribution in [2.45, 2.75) is 52.5 Å². The summed E-state index contributed by atoms with van der Waals surface area (Å²) in [6.07, 6.45) is 4.21. The third-order valence-electron chi connectivity index (χ3n) is 4.35. The lowest BCUT2D eigenvalue weighted by molar-refractivity contribution is -0.129. The fourth-order valence-electron chi connectivity index (χ4n) is 2.82. The van der Waals surface area contributed by atoms with Crippen LogP contribution in [0.5, 0.6) is 0 Å². The molecule has 1 aromatic carbocycles. The molecular formula is C19H27N3O2. The summed E-state index contributed by atoms with van der Waals surface area (Å²) in [7, 11) is 0. The molecule has 1 aromatic rings. The first-order valence-corrected chi connectivity index (χ1v) is 8.81. The van der Waals surface area contributed by atoms with Crippen molar-refractivity contribution in [1.82, 2.24) is 10.3 Å². The molecule has 0 aliphatic carbocycles. The summed E-state index contributed by atoms with van der Waals surface area (Å²) in [5, 5.41) is 4.25. The van der Waals surface area contributed by atoms with E-state index in [1.54, 1.807) is 4.90 Å². The molecule has 0 spiro atoms. The van der Waals surface area contributed by atoms with Gasteiger partial charge in [-0.05, 0) is 24.8 Å². The minimum Gasteiger partial charge on any atom is -0.338 e. The molecule has 1 N–H and O–H groups in total. The monoisotopic (exact) mass is 329 g/mol. The number of hydrazone groups is 1. The van der Waals surface area contributed by atoms with Gasteiger partial charge in [0, 0.05) is 25.2 Å². The number of nitrogens with one attached hydrogen (secondary N) is 1. The van der Waals surface area contributed by atoms with Crippen LogP contribution in [0, 0.1) is 5.92 Å². The third kappa shape index (κ3) is 5.18. The molecule has 1 heterocycles. The highest BCUT2D eigenvalue weighted by Gasteiger charge is 2.34. The van der Waals surface area contributed by atoms with E-state index < -0.39 is 0 Å². The van der Waals surface area contributed by atoms with Crippen molar-refractivity contribution in [1.29, 1.82) is 0 Å². The average Bonchev–Trinajstić information content (AvgIpc) is 2.96. The molecular weight excluding hydrogens is 302 g/mol. The number of unbranched alkanes of at least 4 members (excludes halogenated alkanes) is 1.